The van der Waals surface area contributed by atoms with Gasteiger partial charge in [-0.05, 0) is 43.9 Å². The van der Waals surface area contributed by atoms with Gasteiger partial charge in [-0.1, -0.05) is 32.6 Å². The monoisotopic (exact) mass is 280 g/mol. The molecule has 4 atom stereocenters. The smallest absolute Gasteiger partial charge is 0.222 e. The molecule has 0 aliphatic heterocycles. The molecule has 2 N–H and O–H groups in total. The maximum Gasteiger partial charge on any atom is 0.222 e. The van der Waals surface area contributed by atoms with E-state index in [9.17, 15) is 4.79 Å². The van der Waals surface area contributed by atoms with E-state index < -0.39 is 0 Å². The molecule has 0 aromatic heterocycles. The van der Waals surface area contributed by atoms with Crippen LogP contribution in [0.2, 0.25) is 0 Å². The van der Waals surface area contributed by atoms with Gasteiger partial charge in [0.05, 0.1) is 0 Å². The molecule has 2 saturated carbocycles. The molecule has 0 bridgehead atoms. The molecule has 116 valence electrons. The van der Waals surface area contributed by atoms with Crippen molar-refractivity contribution in [3.63, 3.8) is 0 Å². The summed E-state index contributed by atoms with van der Waals surface area (Å²) in [4.78, 5) is 14.5. The van der Waals surface area contributed by atoms with Crippen molar-refractivity contribution in [2.75, 3.05) is 7.05 Å². The summed E-state index contributed by atoms with van der Waals surface area (Å²) in [5.41, 5.74) is 6.03. The lowest BCUT2D eigenvalue weighted by Gasteiger charge is -2.36. The van der Waals surface area contributed by atoms with Crippen molar-refractivity contribution in [2.45, 2.75) is 83.2 Å². The van der Waals surface area contributed by atoms with E-state index in [0.29, 0.717) is 29.8 Å². The Bertz CT molecular complexity index is 318. The first-order valence-electron chi connectivity index (χ1n) is 8.59. The topological polar surface area (TPSA) is 46.3 Å². The molecule has 20 heavy (non-hydrogen) atoms. The number of amides is 1. The molecule has 0 heterocycles. The summed E-state index contributed by atoms with van der Waals surface area (Å²) < 4.78 is 0. The summed E-state index contributed by atoms with van der Waals surface area (Å²) in [7, 11) is 2.02. The fraction of sp³-hybridized carbons (Fsp3) is 0.941. The van der Waals surface area contributed by atoms with Crippen molar-refractivity contribution in [2.24, 2.45) is 17.6 Å². The minimum absolute atomic E-state index is 0.350. The summed E-state index contributed by atoms with van der Waals surface area (Å²) in [6.45, 7) is 2.30. The third-order valence-electron chi connectivity index (χ3n) is 5.55. The Labute approximate surface area is 124 Å². The quantitative estimate of drug-likeness (QED) is 0.858. The highest BCUT2D eigenvalue weighted by molar-refractivity contribution is 5.76. The number of nitrogens with zero attached hydrogens (tertiary/aromatic N) is 1. The largest absolute Gasteiger partial charge is 0.343 e. The number of carbonyl (C=O) groups excluding carboxylic acids is 1. The standard InChI is InChI=1S/C17H32N2O/c1-13-6-3-4-9-16(13)19(2)17(20)11-10-14-7-5-8-15(18)12-14/h13-16H,3-12,18H2,1-2H3. The molecule has 2 aliphatic rings. The first-order valence-corrected chi connectivity index (χ1v) is 8.59. The lowest BCUT2D eigenvalue weighted by molar-refractivity contribution is -0.134. The van der Waals surface area contributed by atoms with E-state index in [1.54, 1.807) is 0 Å². The second-order valence-electron chi connectivity index (χ2n) is 7.17. The molecular formula is C17H32N2O. The second-order valence-corrected chi connectivity index (χ2v) is 7.17. The number of hydrogen-bond donors (Lipinski definition) is 1. The Morgan fingerprint density at radius 2 is 1.90 bits per heavy atom. The highest BCUT2D eigenvalue weighted by Crippen LogP contribution is 2.30. The third kappa shape index (κ3) is 4.21. The lowest BCUT2D eigenvalue weighted by Crippen LogP contribution is -2.42. The van der Waals surface area contributed by atoms with Gasteiger partial charge in [0.1, 0.15) is 0 Å². The van der Waals surface area contributed by atoms with Crippen LogP contribution in [0.15, 0.2) is 0 Å². The average molecular weight is 280 g/mol. The molecule has 2 aliphatic carbocycles. The predicted octanol–water partition coefficient (Wildman–Crippen LogP) is 3.32. The Balaban J connectivity index is 1.75. The van der Waals surface area contributed by atoms with Crippen molar-refractivity contribution in [1.82, 2.24) is 4.90 Å². The molecule has 3 nitrogen and oxygen atoms in total. The van der Waals surface area contributed by atoms with Crippen LogP contribution in [0, 0.1) is 11.8 Å². The molecule has 4 unspecified atom stereocenters. The zero-order valence-electron chi connectivity index (χ0n) is 13.3. The molecule has 2 fully saturated rings. The number of rotatable bonds is 4. The lowest BCUT2D eigenvalue weighted by atomic mass is 9.83. The first-order chi connectivity index (χ1) is 9.58. The van der Waals surface area contributed by atoms with Crippen LogP contribution in [-0.4, -0.2) is 29.9 Å². The van der Waals surface area contributed by atoms with Crippen LogP contribution in [0.1, 0.15) is 71.1 Å². The third-order valence-corrected chi connectivity index (χ3v) is 5.55. The van der Waals surface area contributed by atoms with Crippen LogP contribution >= 0.6 is 0 Å². The van der Waals surface area contributed by atoms with Crippen molar-refractivity contribution in [1.29, 1.82) is 0 Å². The number of nitrogens with two attached hydrogens (primary N) is 1. The van der Waals surface area contributed by atoms with Crippen LogP contribution in [0.4, 0.5) is 0 Å². The van der Waals surface area contributed by atoms with Gasteiger partial charge in [-0.25, -0.2) is 0 Å². The van der Waals surface area contributed by atoms with Gasteiger partial charge in [0.2, 0.25) is 5.91 Å². The van der Waals surface area contributed by atoms with E-state index in [1.165, 1.54) is 44.9 Å². The first kappa shape index (κ1) is 15.8. The van der Waals surface area contributed by atoms with Crippen molar-refractivity contribution >= 4 is 5.91 Å². The van der Waals surface area contributed by atoms with E-state index in [2.05, 4.69) is 6.92 Å². The Morgan fingerprint density at radius 1 is 1.15 bits per heavy atom. The predicted molar refractivity (Wildman–Crippen MR) is 83.4 cm³/mol. The van der Waals surface area contributed by atoms with E-state index in [0.717, 1.165) is 19.3 Å². The van der Waals surface area contributed by atoms with Crippen LogP contribution in [0.25, 0.3) is 0 Å². The summed E-state index contributed by atoms with van der Waals surface area (Å²) in [5.74, 6) is 1.70. The fourth-order valence-corrected chi connectivity index (χ4v) is 4.16. The van der Waals surface area contributed by atoms with Crippen molar-refractivity contribution < 1.29 is 4.79 Å². The van der Waals surface area contributed by atoms with E-state index in [4.69, 9.17) is 5.73 Å². The fourth-order valence-electron chi connectivity index (χ4n) is 4.16. The van der Waals surface area contributed by atoms with E-state index in [1.807, 2.05) is 11.9 Å². The molecule has 2 rings (SSSR count). The highest BCUT2D eigenvalue weighted by Gasteiger charge is 2.28. The average Bonchev–Trinajstić information content (AvgIpc) is 2.44. The SMILES string of the molecule is CC1CCCCC1N(C)C(=O)CCC1CCCC(N)C1. The molecule has 0 aromatic rings. The van der Waals surface area contributed by atoms with Gasteiger partial charge in [-0.3, -0.25) is 4.79 Å². The molecular weight excluding hydrogens is 248 g/mol. The van der Waals surface area contributed by atoms with Gasteiger partial charge in [0.25, 0.3) is 0 Å². The van der Waals surface area contributed by atoms with Crippen LogP contribution < -0.4 is 5.73 Å². The van der Waals surface area contributed by atoms with Gasteiger partial charge in [-0.15, -0.1) is 0 Å². The summed E-state index contributed by atoms with van der Waals surface area (Å²) >= 11 is 0. The van der Waals surface area contributed by atoms with Gasteiger partial charge in [0.15, 0.2) is 0 Å². The minimum Gasteiger partial charge on any atom is -0.343 e. The maximum atomic E-state index is 12.4. The normalized spacial score (nSPS) is 34.8. The van der Waals surface area contributed by atoms with E-state index in [-0.39, 0.29) is 0 Å². The van der Waals surface area contributed by atoms with Crippen LogP contribution in [0.3, 0.4) is 0 Å². The minimum atomic E-state index is 0.350. The van der Waals surface area contributed by atoms with Gasteiger partial charge < -0.3 is 10.6 Å². The number of carbonyl (C=O) groups is 1. The molecule has 0 saturated heterocycles. The second kappa shape index (κ2) is 7.44. The van der Waals surface area contributed by atoms with Crippen molar-refractivity contribution in [3.05, 3.63) is 0 Å². The highest BCUT2D eigenvalue weighted by atomic mass is 16.2. The summed E-state index contributed by atoms with van der Waals surface area (Å²) in [6, 6.07) is 0.852. The van der Waals surface area contributed by atoms with Crippen molar-refractivity contribution in [3.8, 4) is 0 Å². The Morgan fingerprint density at radius 3 is 2.60 bits per heavy atom. The zero-order valence-corrected chi connectivity index (χ0v) is 13.3. The van der Waals surface area contributed by atoms with Crippen LogP contribution in [0.5, 0.6) is 0 Å². The Kier molecular flexibility index (Phi) is 5.88. The molecule has 0 spiro atoms. The summed E-state index contributed by atoms with van der Waals surface area (Å²) in [5, 5.41) is 0. The molecule has 1 amide bonds. The molecule has 3 heteroatoms. The number of hydrogen-bond acceptors (Lipinski definition) is 2. The Hall–Kier alpha value is -0.570. The van der Waals surface area contributed by atoms with Gasteiger partial charge in [0, 0.05) is 25.6 Å². The molecule has 0 radical (unpaired) electrons. The van der Waals surface area contributed by atoms with E-state index >= 15 is 0 Å². The van der Waals surface area contributed by atoms with Gasteiger partial charge >= 0.3 is 0 Å². The summed E-state index contributed by atoms with van der Waals surface area (Å²) in [6.07, 6.45) is 11.6. The maximum absolute atomic E-state index is 12.4. The van der Waals surface area contributed by atoms with Crippen LogP contribution in [-0.2, 0) is 4.79 Å². The van der Waals surface area contributed by atoms with Gasteiger partial charge in [-0.2, -0.15) is 0 Å². The molecule has 0 aromatic carbocycles. The zero-order chi connectivity index (χ0) is 14.5.